The van der Waals surface area contributed by atoms with E-state index >= 15 is 0 Å². The van der Waals surface area contributed by atoms with Crippen LogP contribution in [0.1, 0.15) is 118 Å². The van der Waals surface area contributed by atoms with E-state index < -0.39 is 21.3 Å². The number of allylic oxidation sites excluding steroid dienone is 4. The van der Waals surface area contributed by atoms with Crippen LogP contribution in [0.5, 0.6) is 0 Å². The van der Waals surface area contributed by atoms with E-state index in [2.05, 4.69) is 211 Å². The van der Waals surface area contributed by atoms with Gasteiger partial charge in [-0.05, 0) is 0 Å². The van der Waals surface area contributed by atoms with Gasteiger partial charge in [0.2, 0.25) is 0 Å². The molecule has 6 aromatic carbocycles. The Labute approximate surface area is 394 Å². The SMILES string of the molecule is Cc1cc(C)c(-c2cc3c(cc2C(C)(C)C)-c2cc(C(C)(C)C)c(-c4c(C)cc(C)cc4C)cc2[CH]3[Zr+2]([C]2=CC=CC2)=[C](Cc2ccccc2)Cc2ccccc2)c(C)c1.[Cl-].[Cl-]. The molecule has 0 amide bonds. The molecule has 318 valence electrons. The van der Waals surface area contributed by atoms with E-state index in [-0.39, 0.29) is 35.6 Å². The maximum atomic E-state index is 2.72. The summed E-state index contributed by atoms with van der Waals surface area (Å²) in [5.41, 5.74) is 25.5. The van der Waals surface area contributed by atoms with E-state index in [9.17, 15) is 0 Å². The summed E-state index contributed by atoms with van der Waals surface area (Å²) in [6, 6.07) is 43.0. The second-order valence-corrected chi connectivity index (χ2v) is 26.9. The van der Waals surface area contributed by atoms with E-state index in [4.69, 9.17) is 0 Å². The molecule has 0 radical (unpaired) electrons. The minimum Gasteiger partial charge on any atom is -1.00 e. The third kappa shape index (κ3) is 9.34. The predicted octanol–water partition coefficient (Wildman–Crippen LogP) is 9.66. The number of fused-ring (bicyclic) bond motifs is 3. The summed E-state index contributed by atoms with van der Waals surface area (Å²) in [5, 5.41) is 0. The van der Waals surface area contributed by atoms with Crippen molar-refractivity contribution in [3.8, 4) is 33.4 Å². The van der Waals surface area contributed by atoms with Crippen LogP contribution in [0.4, 0.5) is 0 Å². The van der Waals surface area contributed by atoms with Gasteiger partial charge in [-0.15, -0.1) is 0 Å². The molecule has 0 aromatic heterocycles. The second-order valence-electron chi connectivity index (χ2n) is 20.1. The summed E-state index contributed by atoms with van der Waals surface area (Å²) >= 11 is -2.86. The van der Waals surface area contributed by atoms with Crippen molar-refractivity contribution in [2.45, 2.75) is 117 Å². The van der Waals surface area contributed by atoms with Crippen LogP contribution in [0.25, 0.3) is 33.4 Å². The zero-order valence-electron chi connectivity index (χ0n) is 39.1. The second kappa shape index (κ2) is 18.7. The van der Waals surface area contributed by atoms with Crippen LogP contribution in [0.15, 0.2) is 131 Å². The van der Waals surface area contributed by atoms with Crippen LogP contribution >= 0.6 is 0 Å². The molecule has 0 saturated heterocycles. The molecule has 0 heterocycles. The van der Waals surface area contributed by atoms with Crippen LogP contribution in [0, 0.1) is 41.5 Å². The van der Waals surface area contributed by atoms with E-state index in [0.29, 0.717) is 3.63 Å². The van der Waals surface area contributed by atoms with Gasteiger partial charge in [0.15, 0.2) is 0 Å². The topological polar surface area (TPSA) is 0 Å². The summed E-state index contributed by atoms with van der Waals surface area (Å²) in [7, 11) is 0. The molecule has 2 aliphatic rings. The summed E-state index contributed by atoms with van der Waals surface area (Å²) < 4.78 is 3.84. The van der Waals surface area contributed by atoms with Gasteiger partial charge >= 0.3 is 372 Å². The molecule has 0 bridgehead atoms. The molecule has 0 saturated carbocycles. The Kier molecular flexibility index (Phi) is 14.4. The molecule has 0 spiro atoms. The Hall–Kier alpha value is -3.87. The fourth-order valence-corrected chi connectivity index (χ4v) is 19.9. The maximum absolute atomic E-state index is 2.86. The van der Waals surface area contributed by atoms with Crippen molar-refractivity contribution < 1.29 is 46.1 Å². The maximum Gasteiger partial charge on any atom is -1.00 e. The monoisotopic (exact) mass is 932 g/mol. The van der Waals surface area contributed by atoms with Gasteiger partial charge in [0, 0.05) is 0 Å². The van der Waals surface area contributed by atoms with Crippen molar-refractivity contribution in [1.82, 2.24) is 0 Å². The fourth-order valence-electron chi connectivity index (χ4n) is 10.7. The predicted molar refractivity (Wildman–Crippen MR) is 258 cm³/mol. The Morgan fingerprint density at radius 1 is 0.516 bits per heavy atom. The van der Waals surface area contributed by atoms with Gasteiger partial charge in [-0.3, -0.25) is 0 Å². The number of hydrogen-bond acceptors (Lipinski definition) is 0. The van der Waals surface area contributed by atoms with Gasteiger partial charge in [0.1, 0.15) is 0 Å². The summed E-state index contributed by atoms with van der Waals surface area (Å²) in [6.07, 6.45) is 10.4. The van der Waals surface area contributed by atoms with Crippen LogP contribution in [-0.2, 0) is 44.9 Å². The third-order valence-electron chi connectivity index (χ3n) is 13.1. The first kappa shape index (κ1) is 47.6. The molecule has 3 heteroatoms. The third-order valence-corrected chi connectivity index (χ3v) is 21.4. The normalized spacial score (nSPS) is 13.1. The fraction of sp³-hybridized carbons (Fsp3) is 0.305. The van der Waals surface area contributed by atoms with Gasteiger partial charge in [-0.25, -0.2) is 0 Å². The standard InChI is InChI=1S/C39H45.C15H14.C5H5.2ClH.Zr/c1-22-13-24(3)36(25(4)14-22)32-18-28-17-29-19-33(37-26(5)15-23(2)16-27(37)6)35(39(10,11)12)21-31(29)30(28)20-34(32)38(7,8)9;1-3-8-14(9-4-1)12-7-13-15-10-5-2-6-11-15;1-2-4-5-3-1;;;/h13-21H,1-12H3;1-6,8-11H,12-13H2;1-3H,4H2;2*1H;/q;;;;;+2/p-2. The Balaban J connectivity index is 0.00000321. The minimum atomic E-state index is -2.86. The number of aryl methyl sites for hydroxylation is 6. The molecule has 8 rings (SSSR count). The molecule has 6 aromatic rings. The first-order valence-electron chi connectivity index (χ1n) is 22.2. The average molecular weight is 935 g/mol. The number of hydrogen-bond donors (Lipinski definition) is 0. The van der Waals surface area contributed by atoms with E-state index in [0.717, 1.165) is 19.3 Å². The molecular weight excluding hydrogens is 871 g/mol. The van der Waals surface area contributed by atoms with Gasteiger partial charge in [-0.1, -0.05) is 0 Å². The van der Waals surface area contributed by atoms with Crippen LogP contribution < -0.4 is 24.8 Å². The van der Waals surface area contributed by atoms with Crippen LogP contribution in [-0.4, -0.2) is 3.21 Å². The van der Waals surface area contributed by atoms with Crippen molar-refractivity contribution in [2.75, 3.05) is 0 Å². The molecule has 0 unspecified atom stereocenters. The Morgan fingerprint density at radius 2 is 0.903 bits per heavy atom. The summed E-state index contributed by atoms with van der Waals surface area (Å²) in [4.78, 5) is 0. The number of rotatable bonds is 8. The quantitative estimate of drug-likeness (QED) is 0.143. The molecule has 0 atom stereocenters. The van der Waals surface area contributed by atoms with Crippen LogP contribution in [0.2, 0.25) is 0 Å². The molecule has 0 fully saturated rings. The molecule has 0 N–H and O–H groups in total. The molecular formula is C59H64Cl2Zr. The van der Waals surface area contributed by atoms with Gasteiger partial charge in [0.25, 0.3) is 0 Å². The van der Waals surface area contributed by atoms with Crippen molar-refractivity contribution in [1.29, 1.82) is 0 Å². The first-order valence-corrected chi connectivity index (χ1v) is 26.1. The van der Waals surface area contributed by atoms with Crippen molar-refractivity contribution in [3.05, 3.63) is 197 Å². The Morgan fingerprint density at radius 3 is 1.24 bits per heavy atom. The molecule has 62 heavy (non-hydrogen) atoms. The van der Waals surface area contributed by atoms with Gasteiger partial charge in [0.05, 0.1) is 0 Å². The van der Waals surface area contributed by atoms with E-state index in [1.807, 2.05) is 0 Å². The summed E-state index contributed by atoms with van der Waals surface area (Å²) in [5.74, 6) is 0. The number of halogens is 2. The van der Waals surface area contributed by atoms with Gasteiger partial charge in [-0.2, -0.15) is 0 Å². The van der Waals surface area contributed by atoms with Gasteiger partial charge < -0.3 is 24.8 Å². The first-order chi connectivity index (χ1) is 28.5. The minimum absolute atomic E-state index is 0. The zero-order valence-corrected chi connectivity index (χ0v) is 43.0. The number of benzene rings is 6. The molecule has 2 aliphatic carbocycles. The van der Waals surface area contributed by atoms with E-state index in [1.54, 1.807) is 17.6 Å². The zero-order chi connectivity index (χ0) is 42.7. The van der Waals surface area contributed by atoms with Crippen molar-refractivity contribution in [3.63, 3.8) is 0 Å². The van der Waals surface area contributed by atoms with E-state index in [1.165, 1.54) is 89.0 Å². The van der Waals surface area contributed by atoms with Crippen molar-refractivity contribution in [2.24, 2.45) is 0 Å². The summed E-state index contributed by atoms with van der Waals surface area (Å²) in [6.45, 7) is 28.3. The largest absolute Gasteiger partial charge is 1.00 e. The molecule has 0 nitrogen and oxygen atoms in total. The smallest absolute Gasteiger partial charge is 1.00 e. The Bertz CT molecular complexity index is 2520. The molecule has 0 aliphatic heterocycles. The van der Waals surface area contributed by atoms with Crippen LogP contribution in [0.3, 0.4) is 0 Å². The van der Waals surface area contributed by atoms with Crippen molar-refractivity contribution >= 4 is 3.21 Å². The average Bonchev–Trinajstić information content (AvgIpc) is 3.80.